The number of pyridine rings is 1. The number of hydrogen-bond acceptors (Lipinski definition) is 8. The van der Waals surface area contributed by atoms with Crippen molar-refractivity contribution in [3.63, 3.8) is 0 Å². The standard InChI is InChI=1S/C33H33FN4O6/c1-18-6-11-28(35-16-18)37-32(40)29-19(2)36-23-14-33(3,4)15-25(39)31(23)30(29)20-7-10-26(43-5)21(12-20)17-44-27-13-22(34)8-9-24(27)38(41)42/h6-13,16,30,36H,14-15,17H2,1-5H3,(H,35,37,40)/t30-/m0/s1. The van der Waals surface area contributed by atoms with Crippen LogP contribution in [0.4, 0.5) is 15.9 Å². The molecule has 1 aromatic heterocycles. The molecule has 2 heterocycles. The maximum atomic E-state index is 14.0. The Morgan fingerprint density at radius 3 is 2.59 bits per heavy atom. The first kappa shape index (κ1) is 30.4. The number of ketones is 1. The largest absolute Gasteiger partial charge is 0.496 e. The van der Waals surface area contributed by atoms with Gasteiger partial charge in [-0.05, 0) is 61.1 Å². The number of methoxy groups -OCH3 is 1. The average Bonchev–Trinajstić information content (AvgIpc) is 2.95. The van der Waals surface area contributed by atoms with Gasteiger partial charge in [-0.1, -0.05) is 26.0 Å². The molecule has 0 saturated heterocycles. The van der Waals surface area contributed by atoms with Crippen LogP contribution in [0.25, 0.3) is 0 Å². The molecule has 228 valence electrons. The normalized spacial score (nSPS) is 17.5. The van der Waals surface area contributed by atoms with E-state index in [9.17, 15) is 24.1 Å². The number of hydrogen-bond donors (Lipinski definition) is 2. The van der Waals surface area contributed by atoms with E-state index in [1.165, 1.54) is 7.11 Å². The highest BCUT2D eigenvalue weighted by Crippen LogP contribution is 2.47. The van der Waals surface area contributed by atoms with Gasteiger partial charge >= 0.3 is 5.69 Å². The summed E-state index contributed by atoms with van der Waals surface area (Å²) < 4.78 is 25.2. The Balaban J connectivity index is 1.58. The first-order valence-electron chi connectivity index (χ1n) is 14.1. The van der Waals surface area contributed by atoms with Crippen molar-refractivity contribution in [2.75, 3.05) is 12.4 Å². The number of halogens is 1. The third-order valence-electron chi connectivity index (χ3n) is 7.78. The van der Waals surface area contributed by atoms with Crippen LogP contribution in [0.2, 0.25) is 0 Å². The highest BCUT2D eigenvalue weighted by molar-refractivity contribution is 6.09. The predicted octanol–water partition coefficient (Wildman–Crippen LogP) is 6.27. The molecule has 1 amide bonds. The Morgan fingerprint density at radius 1 is 1.14 bits per heavy atom. The molecule has 3 aromatic rings. The van der Waals surface area contributed by atoms with Crippen molar-refractivity contribution < 1.29 is 28.4 Å². The van der Waals surface area contributed by atoms with E-state index in [0.29, 0.717) is 52.4 Å². The zero-order chi connectivity index (χ0) is 31.8. The third kappa shape index (κ3) is 6.17. The number of allylic oxidation sites excluding steroid dienone is 3. The van der Waals surface area contributed by atoms with E-state index in [-0.39, 0.29) is 29.2 Å². The molecule has 0 radical (unpaired) electrons. The number of aromatic nitrogens is 1. The van der Waals surface area contributed by atoms with Crippen LogP contribution in [0.15, 0.2) is 77.3 Å². The number of nitro groups is 1. The number of rotatable bonds is 8. The summed E-state index contributed by atoms with van der Waals surface area (Å²) >= 11 is 0. The van der Waals surface area contributed by atoms with Gasteiger partial charge in [0.05, 0.1) is 12.0 Å². The number of benzene rings is 2. The third-order valence-corrected chi connectivity index (χ3v) is 7.78. The van der Waals surface area contributed by atoms with E-state index in [2.05, 4.69) is 15.6 Å². The number of carbonyl (C=O) groups excluding carboxylic acids is 2. The topological polar surface area (TPSA) is 133 Å². The van der Waals surface area contributed by atoms with Gasteiger partial charge < -0.3 is 20.1 Å². The minimum absolute atomic E-state index is 0.0657. The summed E-state index contributed by atoms with van der Waals surface area (Å²) in [6.45, 7) is 7.57. The first-order valence-corrected chi connectivity index (χ1v) is 14.1. The monoisotopic (exact) mass is 600 g/mol. The number of nitrogens with zero attached hydrogens (tertiary/aromatic N) is 2. The smallest absolute Gasteiger partial charge is 0.311 e. The minimum Gasteiger partial charge on any atom is -0.496 e. The van der Waals surface area contributed by atoms with Gasteiger partial charge in [0, 0.05) is 58.8 Å². The molecule has 2 aromatic carbocycles. The first-order chi connectivity index (χ1) is 20.9. The van der Waals surface area contributed by atoms with Crippen LogP contribution < -0.4 is 20.1 Å². The molecule has 1 aliphatic carbocycles. The molecular formula is C33H33FN4O6. The Bertz CT molecular complexity index is 1730. The number of dihydropyridines is 1. The molecule has 1 aliphatic heterocycles. The van der Waals surface area contributed by atoms with Crippen LogP contribution in [-0.2, 0) is 16.2 Å². The molecule has 10 nitrogen and oxygen atoms in total. The molecule has 44 heavy (non-hydrogen) atoms. The number of amides is 1. The Kier molecular flexibility index (Phi) is 8.23. The van der Waals surface area contributed by atoms with Gasteiger partial charge in [-0.25, -0.2) is 9.37 Å². The second kappa shape index (κ2) is 11.9. The van der Waals surface area contributed by atoms with Crippen molar-refractivity contribution in [3.8, 4) is 11.5 Å². The van der Waals surface area contributed by atoms with Gasteiger partial charge in [0.25, 0.3) is 5.91 Å². The van der Waals surface area contributed by atoms with Gasteiger partial charge in [-0.2, -0.15) is 0 Å². The van der Waals surface area contributed by atoms with Crippen molar-refractivity contribution in [2.24, 2.45) is 5.41 Å². The maximum Gasteiger partial charge on any atom is 0.311 e. The van der Waals surface area contributed by atoms with Crippen molar-refractivity contribution in [3.05, 3.63) is 110 Å². The van der Waals surface area contributed by atoms with Gasteiger partial charge in [0.1, 0.15) is 24.0 Å². The Morgan fingerprint density at radius 2 is 1.91 bits per heavy atom. The summed E-state index contributed by atoms with van der Waals surface area (Å²) in [5, 5.41) is 17.7. The summed E-state index contributed by atoms with van der Waals surface area (Å²) in [5.41, 5.74) is 3.65. The highest BCUT2D eigenvalue weighted by Gasteiger charge is 2.43. The van der Waals surface area contributed by atoms with E-state index in [1.54, 1.807) is 37.4 Å². The molecule has 0 spiro atoms. The number of carbonyl (C=O) groups is 2. The molecule has 0 fully saturated rings. The molecule has 0 bridgehead atoms. The molecule has 2 N–H and O–H groups in total. The second-order valence-electron chi connectivity index (χ2n) is 11.8. The van der Waals surface area contributed by atoms with Crippen molar-refractivity contribution in [1.82, 2.24) is 10.3 Å². The number of nitrogens with one attached hydrogen (secondary N) is 2. The van der Waals surface area contributed by atoms with E-state index in [0.717, 1.165) is 29.5 Å². The summed E-state index contributed by atoms with van der Waals surface area (Å²) in [4.78, 5) is 42.8. The van der Waals surface area contributed by atoms with Gasteiger partial charge in [-0.3, -0.25) is 19.7 Å². The predicted molar refractivity (Wildman–Crippen MR) is 162 cm³/mol. The Labute approximate surface area is 254 Å². The van der Waals surface area contributed by atoms with Crippen LogP contribution in [0.5, 0.6) is 11.5 Å². The number of nitro benzene ring substituents is 1. The fourth-order valence-corrected chi connectivity index (χ4v) is 5.80. The second-order valence-corrected chi connectivity index (χ2v) is 11.8. The van der Waals surface area contributed by atoms with Gasteiger partial charge in [0.2, 0.25) is 0 Å². The van der Waals surface area contributed by atoms with Crippen LogP contribution in [-0.4, -0.2) is 28.7 Å². The Hall–Kier alpha value is -5.06. The molecular weight excluding hydrogens is 567 g/mol. The maximum absolute atomic E-state index is 14.0. The van der Waals surface area contributed by atoms with E-state index < -0.39 is 22.6 Å². The summed E-state index contributed by atoms with van der Waals surface area (Å²) in [5.74, 6) is -1.33. The van der Waals surface area contributed by atoms with Crippen LogP contribution >= 0.6 is 0 Å². The number of anilines is 1. The highest BCUT2D eigenvalue weighted by atomic mass is 19.1. The van der Waals surface area contributed by atoms with Crippen LogP contribution in [0, 0.1) is 28.3 Å². The zero-order valence-electron chi connectivity index (χ0n) is 25.1. The van der Waals surface area contributed by atoms with Gasteiger partial charge in [-0.15, -0.1) is 0 Å². The van der Waals surface area contributed by atoms with Crippen molar-refractivity contribution >= 4 is 23.2 Å². The summed E-state index contributed by atoms with van der Waals surface area (Å²) in [6, 6.07) is 11.8. The number of aryl methyl sites for hydroxylation is 1. The fraction of sp³-hybridized carbons (Fsp3) is 0.303. The van der Waals surface area contributed by atoms with Crippen LogP contribution in [0.1, 0.15) is 56.2 Å². The number of Topliss-reactive ketones (excluding diaryl/α,β-unsaturated/α-hetero) is 1. The van der Waals surface area contributed by atoms with Crippen LogP contribution in [0.3, 0.4) is 0 Å². The van der Waals surface area contributed by atoms with Gasteiger partial charge in [0.15, 0.2) is 11.5 Å². The number of ether oxygens (including phenoxy) is 2. The van der Waals surface area contributed by atoms with E-state index >= 15 is 0 Å². The molecule has 0 saturated carbocycles. The molecule has 5 rings (SSSR count). The molecule has 0 unspecified atom stereocenters. The minimum atomic E-state index is -0.728. The quantitative estimate of drug-likeness (QED) is 0.228. The summed E-state index contributed by atoms with van der Waals surface area (Å²) in [6.07, 6.45) is 2.58. The lowest BCUT2D eigenvalue weighted by atomic mass is 9.68. The van der Waals surface area contributed by atoms with Crippen molar-refractivity contribution in [2.45, 2.75) is 53.1 Å². The lowest BCUT2D eigenvalue weighted by molar-refractivity contribution is -0.386. The zero-order valence-corrected chi connectivity index (χ0v) is 25.1. The molecule has 2 aliphatic rings. The molecule has 11 heteroatoms. The average molecular weight is 601 g/mol. The van der Waals surface area contributed by atoms with Crippen molar-refractivity contribution in [1.29, 1.82) is 0 Å². The fourth-order valence-electron chi connectivity index (χ4n) is 5.80. The lowest BCUT2D eigenvalue weighted by Gasteiger charge is -2.39. The van der Waals surface area contributed by atoms with E-state index in [4.69, 9.17) is 9.47 Å². The lowest BCUT2D eigenvalue weighted by Crippen LogP contribution is -2.39. The SMILES string of the molecule is COc1ccc([C@H]2C(C(=O)Nc3ccc(C)cn3)=C(C)NC3=C2C(=O)CC(C)(C)C3)cc1COc1cc(F)ccc1[N+](=O)[O-]. The molecule has 1 atom stereocenters. The van der Waals surface area contributed by atoms with E-state index in [1.807, 2.05) is 26.8 Å². The summed E-state index contributed by atoms with van der Waals surface area (Å²) in [7, 11) is 1.47.